The minimum atomic E-state index is -0.488. The Hall–Kier alpha value is -2.21. The quantitative estimate of drug-likeness (QED) is 0.533. The SMILES string of the molecule is C=CCN(CC(=O)OCC)Cc1cccc(C(=O)OC)n1. The molecule has 6 nitrogen and oxygen atoms in total. The average Bonchev–Trinajstić information content (AvgIpc) is 2.47. The number of aromatic nitrogens is 1. The first kappa shape index (κ1) is 16.8. The van der Waals surface area contributed by atoms with E-state index in [9.17, 15) is 9.59 Å². The van der Waals surface area contributed by atoms with Gasteiger partial charge in [0, 0.05) is 13.1 Å². The minimum Gasteiger partial charge on any atom is -0.465 e. The number of carbonyl (C=O) groups excluding carboxylic acids is 2. The highest BCUT2D eigenvalue weighted by Crippen LogP contribution is 2.05. The fraction of sp³-hybridized carbons (Fsp3) is 0.400. The van der Waals surface area contributed by atoms with Crippen LogP contribution in [0.2, 0.25) is 0 Å². The van der Waals surface area contributed by atoms with E-state index in [2.05, 4.69) is 16.3 Å². The zero-order chi connectivity index (χ0) is 15.7. The van der Waals surface area contributed by atoms with Crippen molar-refractivity contribution in [3.05, 3.63) is 42.2 Å². The van der Waals surface area contributed by atoms with Crippen LogP contribution in [0.3, 0.4) is 0 Å². The van der Waals surface area contributed by atoms with Crippen molar-refractivity contribution in [1.29, 1.82) is 0 Å². The molecular weight excluding hydrogens is 272 g/mol. The molecule has 0 bridgehead atoms. The number of hydrogen-bond acceptors (Lipinski definition) is 6. The third kappa shape index (κ3) is 5.74. The molecule has 0 aromatic carbocycles. The second kappa shape index (κ2) is 8.86. The summed E-state index contributed by atoms with van der Waals surface area (Å²) in [4.78, 5) is 29.0. The van der Waals surface area contributed by atoms with Gasteiger partial charge in [-0.15, -0.1) is 6.58 Å². The largest absolute Gasteiger partial charge is 0.465 e. The molecule has 0 radical (unpaired) electrons. The topological polar surface area (TPSA) is 68.7 Å². The minimum absolute atomic E-state index is 0.143. The van der Waals surface area contributed by atoms with Gasteiger partial charge in [0.1, 0.15) is 5.69 Å². The predicted molar refractivity (Wildman–Crippen MR) is 77.7 cm³/mol. The summed E-state index contributed by atoms with van der Waals surface area (Å²) in [7, 11) is 1.31. The van der Waals surface area contributed by atoms with Gasteiger partial charge in [0.25, 0.3) is 0 Å². The number of pyridine rings is 1. The molecule has 0 amide bonds. The number of esters is 2. The van der Waals surface area contributed by atoms with Crippen LogP contribution in [0.25, 0.3) is 0 Å². The summed E-state index contributed by atoms with van der Waals surface area (Å²) in [6, 6.07) is 5.09. The van der Waals surface area contributed by atoms with Crippen LogP contribution < -0.4 is 0 Å². The van der Waals surface area contributed by atoms with Gasteiger partial charge >= 0.3 is 11.9 Å². The van der Waals surface area contributed by atoms with Crippen LogP contribution in [0.1, 0.15) is 23.1 Å². The molecule has 1 aromatic rings. The van der Waals surface area contributed by atoms with Crippen LogP contribution >= 0.6 is 0 Å². The Balaban J connectivity index is 2.76. The second-order valence-electron chi connectivity index (χ2n) is 4.27. The second-order valence-corrected chi connectivity index (χ2v) is 4.27. The van der Waals surface area contributed by atoms with Crippen molar-refractivity contribution in [2.75, 3.05) is 26.8 Å². The number of hydrogen-bond donors (Lipinski definition) is 0. The average molecular weight is 292 g/mol. The Morgan fingerprint density at radius 2 is 2.19 bits per heavy atom. The van der Waals surface area contributed by atoms with Crippen molar-refractivity contribution in [1.82, 2.24) is 9.88 Å². The summed E-state index contributed by atoms with van der Waals surface area (Å²) >= 11 is 0. The van der Waals surface area contributed by atoms with Crippen LogP contribution in [-0.2, 0) is 20.8 Å². The summed E-state index contributed by atoms with van der Waals surface area (Å²) < 4.78 is 9.56. The Bertz CT molecular complexity index is 502. The third-order valence-corrected chi connectivity index (χ3v) is 2.63. The van der Waals surface area contributed by atoms with E-state index in [1.54, 1.807) is 31.2 Å². The van der Waals surface area contributed by atoms with Crippen molar-refractivity contribution < 1.29 is 19.1 Å². The van der Waals surface area contributed by atoms with E-state index in [0.717, 1.165) is 0 Å². The lowest BCUT2D eigenvalue weighted by Gasteiger charge is -2.19. The van der Waals surface area contributed by atoms with Crippen LogP contribution in [0, 0.1) is 0 Å². The molecule has 0 aliphatic rings. The van der Waals surface area contributed by atoms with Gasteiger partial charge in [-0.05, 0) is 19.1 Å². The maximum Gasteiger partial charge on any atom is 0.356 e. The smallest absolute Gasteiger partial charge is 0.356 e. The highest BCUT2D eigenvalue weighted by atomic mass is 16.5. The van der Waals surface area contributed by atoms with E-state index in [1.165, 1.54) is 7.11 Å². The predicted octanol–water partition coefficient (Wildman–Crippen LogP) is 1.42. The molecule has 6 heteroatoms. The number of nitrogens with zero attached hydrogens (tertiary/aromatic N) is 2. The first-order valence-corrected chi connectivity index (χ1v) is 6.63. The van der Waals surface area contributed by atoms with Gasteiger partial charge in [-0.1, -0.05) is 12.1 Å². The fourth-order valence-electron chi connectivity index (χ4n) is 1.77. The highest BCUT2D eigenvalue weighted by molar-refractivity contribution is 5.87. The lowest BCUT2D eigenvalue weighted by molar-refractivity contribution is -0.144. The van der Waals surface area contributed by atoms with Crippen LogP contribution in [0.15, 0.2) is 30.9 Å². The Labute approximate surface area is 124 Å². The molecule has 0 N–H and O–H groups in total. The molecule has 0 saturated carbocycles. The summed E-state index contributed by atoms with van der Waals surface area (Å²) in [6.45, 7) is 6.84. The van der Waals surface area contributed by atoms with Crippen molar-refractivity contribution >= 4 is 11.9 Å². The van der Waals surface area contributed by atoms with Gasteiger partial charge < -0.3 is 9.47 Å². The summed E-state index contributed by atoms with van der Waals surface area (Å²) in [5.41, 5.74) is 0.911. The van der Waals surface area contributed by atoms with Crippen LogP contribution in [-0.4, -0.2) is 48.6 Å². The zero-order valence-electron chi connectivity index (χ0n) is 12.4. The molecule has 21 heavy (non-hydrogen) atoms. The Morgan fingerprint density at radius 1 is 1.43 bits per heavy atom. The van der Waals surface area contributed by atoms with E-state index in [0.29, 0.717) is 25.4 Å². The van der Waals surface area contributed by atoms with Crippen LogP contribution in [0.4, 0.5) is 0 Å². The summed E-state index contributed by atoms with van der Waals surface area (Å²) in [6.07, 6.45) is 1.70. The number of methoxy groups -OCH3 is 1. The van der Waals surface area contributed by atoms with Crippen molar-refractivity contribution in [2.24, 2.45) is 0 Å². The summed E-state index contributed by atoms with van der Waals surface area (Å²) in [5, 5.41) is 0. The monoisotopic (exact) mass is 292 g/mol. The molecule has 0 atom stereocenters. The van der Waals surface area contributed by atoms with E-state index in [-0.39, 0.29) is 18.2 Å². The molecule has 0 fully saturated rings. The van der Waals surface area contributed by atoms with E-state index in [4.69, 9.17) is 4.74 Å². The van der Waals surface area contributed by atoms with Crippen LogP contribution in [0.5, 0.6) is 0 Å². The molecule has 1 rings (SSSR count). The van der Waals surface area contributed by atoms with Crippen molar-refractivity contribution in [3.63, 3.8) is 0 Å². The number of rotatable bonds is 8. The van der Waals surface area contributed by atoms with Crippen molar-refractivity contribution in [2.45, 2.75) is 13.5 Å². The zero-order valence-corrected chi connectivity index (χ0v) is 12.4. The lowest BCUT2D eigenvalue weighted by atomic mass is 10.2. The molecule has 1 aromatic heterocycles. The van der Waals surface area contributed by atoms with E-state index >= 15 is 0 Å². The van der Waals surface area contributed by atoms with Gasteiger partial charge in [0.2, 0.25) is 0 Å². The summed E-state index contributed by atoms with van der Waals surface area (Å²) in [5.74, 6) is -0.791. The van der Waals surface area contributed by atoms with Gasteiger partial charge in [0.15, 0.2) is 0 Å². The molecule has 0 saturated heterocycles. The molecule has 0 unspecified atom stereocenters. The molecule has 1 heterocycles. The molecule has 0 aliphatic heterocycles. The maximum atomic E-state index is 11.5. The lowest BCUT2D eigenvalue weighted by Crippen LogP contribution is -2.31. The highest BCUT2D eigenvalue weighted by Gasteiger charge is 2.13. The molecular formula is C15H20N2O4. The number of ether oxygens (including phenoxy) is 2. The van der Waals surface area contributed by atoms with Gasteiger partial charge in [-0.25, -0.2) is 9.78 Å². The maximum absolute atomic E-state index is 11.5. The van der Waals surface area contributed by atoms with Gasteiger partial charge in [0.05, 0.1) is 26.0 Å². The van der Waals surface area contributed by atoms with E-state index < -0.39 is 5.97 Å². The van der Waals surface area contributed by atoms with Gasteiger partial charge in [-0.2, -0.15) is 0 Å². The molecule has 0 spiro atoms. The van der Waals surface area contributed by atoms with E-state index in [1.807, 2.05) is 4.90 Å². The molecule has 114 valence electrons. The Morgan fingerprint density at radius 3 is 2.81 bits per heavy atom. The normalized spacial score (nSPS) is 10.2. The first-order valence-electron chi connectivity index (χ1n) is 6.63. The Kier molecular flexibility index (Phi) is 7.11. The standard InChI is InChI=1S/C15H20N2O4/c1-4-9-17(11-14(18)21-5-2)10-12-7-6-8-13(16-12)15(19)20-3/h4,6-8H,1,5,9-11H2,2-3H3. The molecule has 0 aliphatic carbocycles. The number of carbonyl (C=O) groups is 2. The fourth-order valence-corrected chi connectivity index (χ4v) is 1.77. The first-order chi connectivity index (χ1) is 10.1. The van der Waals surface area contributed by atoms with Gasteiger partial charge in [-0.3, -0.25) is 9.69 Å². The van der Waals surface area contributed by atoms with Crippen molar-refractivity contribution in [3.8, 4) is 0 Å². The third-order valence-electron chi connectivity index (χ3n) is 2.63.